The lowest BCUT2D eigenvalue weighted by Crippen LogP contribution is -2.39. The van der Waals surface area contributed by atoms with Crippen LogP contribution in [0.5, 0.6) is 0 Å². The maximum atomic E-state index is 12.2. The third-order valence-corrected chi connectivity index (χ3v) is 5.70. The standard InChI is InChI=1S/C12H22N2O2S2/c1-4-6-13-8-11(2)18(15,16)14(3)9-12-5-7-17-10-12/h5,7,10-11,13H,4,6,8-9H2,1-3H3. The maximum Gasteiger partial charge on any atom is 0.218 e. The summed E-state index contributed by atoms with van der Waals surface area (Å²) < 4.78 is 25.9. The van der Waals surface area contributed by atoms with E-state index in [4.69, 9.17) is 0 Å². The predicted octanol–water partition coefficient (Wildman–Crippen LogP) is 1.90. The van der Waals surface area contributed by atoms with Gasteiger partial charge in [0.2, 0.25) is 10.0 Å². The maximum absolute atomic E-state index is 12.2. The van der Waals surface area contributed by atoms with Crippen LogP contribution in [-0.4, -0.2) is 38.1 Å². The van der Waals surface area contributed by atoms with Crippen molar-refractivity contribution >= 4 is 21.4 Å². The fourth-order valence-electron chi connectivity index (χ4n) is 1.62. The second kappa shape index (κ2) is 7.23. The molecule has 0 aliphatic heterocycles. The largest absolute Gasteiger partial charge is 0.315 e. The van der Waals surface area contributed by atoms with Crippen LogP contribution in [0.15, 0.2) is 16.8 Å². The molecule has 1 rings (SSSR count). The van der Waals surface area contributed by atoms with Gasteiger partial charge < -0.3 is 5.32 Å². The zero-order valence-corrected chi connectivity index (χ0v) is 12.9. The lowest BCUT2D eigenvalue weighted by atomic mass is 10.3. The van der Waals surface area contributed by atoms with Gasteiger partial charge in [0, 0.05) is 20.1 Å². The Morgan fingerprint density at radius 1 is 1.50 bits per heavy atom. The monoisotopic (exact) mass is 290 g/mol. The van der Waals surface area contributed by atoms with E-state index in [1.54, 1.807) is 25.3 Å². The second-order valence-corrected chi connectivity index (χ2v) is 7.69. The van der Waals surface area contributed by atoms with E-state index >= 15 is 0 Å². The van der Waals surface area contributed by atoms with E-state index in [2.05, 4.69) is 12.2 Å². The number of thiophene rings is 1. The van der Waals surface area contributed by atoms with Crippen LogP contribution in [0.25, 0.3) is 0 Å². The average Bonchev–Trinajstić information content (AvgIpc) is 2.81. The molecule has 1 N–H and O–H groups in total. The molecule has 18 heavy (non-hydrogen) atoms. The van der Waals surface area contributed by atoms with E-state index in [0.717, 1.165) is 18.5 Å². The summed E-state index contributed by atoms with van der Waals surface area (Å²) in [5.41, 5.74) is 1.04. The van der Waals surface area contributed by atoms with E-state index in [0.29, 0.717) is 13.1 Å². The van der Waals surface area contributed by atoms with Crippen LogP contribution >= 0.6 is 11.3 Å². The lowest BCUT2D eigenvalue weighted by Gasteiger charge is -2.21. The Bertz CT molecular complexity index is 429. The highest BCUT2D eigenvalue weighted by Gasteiger charge is 2.25. The second-order valence-electron chi connectivity index (χ2n) is 4.45. The number of hydrogen-bond acceptors (Lipinski definition) is 4. The van der Waals surface area contributed by atoms with Crippen molar-refractivity contribution in [2.24, 2.45) is 0 Å². The minimum absolute atomic E-state index is 0.396. The minimum Gasteiger partial charge on any atom is -0.315 e. The summed E-state index contributed by atoms with van der Waals surface area (Å²) in [5, 5.41) is 6.69. The minimum atomic E-state index is -3.22. The molecule has 0 bridgehead atoms. The number of rotatable bonds is 8. The van der Waals surface area contributed by atoms with E-state index in [-0.39, 0.29) is 0 Å². The Hall–Kier alpha value is -0.430. The first-order chi connectivity index (χ1) is 8.48. The lowest BCUT2D eigenvalue weighted by molar-refractivity contribution is 0.454. The number of hydrogen-bond donors (Lipinski definition) is 1. The smallest absolute Gasteiger partial charge is 0.218 e. The fourth-order valence-corrected chi connectivity index (χ4v) is 3.56. The molecule has 0 amide bonds. The predicted molar refractivity (Wildman–Crippen MR) is 77.3 cm³/mol. The molecule has 6 heteroatoms. The molecule has 1 unspecified atom stereocenters. The molecule has 0 aliphatic carbocycles. The van der Waals surface area contributed by atoms with Gasteiger partial charge in [0.05, 0.1) is 5.25 Å². The molecule has 0 radical (unpaired) electrons. The Labute approximate surface area is 114 Å². The average molecular weight is 290 g/mol. The van der Waals surface area contributed by atoms with Gasteiger partial charge in [0.15, 0.2) is 0 Å². The third kappa shape index (κ3) is 4.35. The van der Waals surface area contributed by atoms with Crippen molar-refractivity contribution in [2.45, 2.75) is 32.1 Å². The molecule has 0 spiro atoms. The quantitative estimate of drug-likeness (QED) is 0.744. The zero-order chi connectivity index (χ0) is 13.6. The van der Waals surface area contributed by atoms with Crippen LogP contribution in [0, 0.1) is 0 Å². The molecule has 0 aromatic carbocycles. The third-order valence-electron chi connectivity index (χ3n) is 2.79. The van der Waals surface area contributed by atoms with Crippen LogP contribution in [0.2, 0.25) is 0 Å². The molecule has 0 aliphatic rings. The highest BCUT2D eigenvalue weighted by molar-refractivity contribution is 7.89. The molecule has 0 saturated carbocycles. The Morgan fingerprint density at radius 3 is 2.78 bits per heavy atom. The normalized spacial score (nSPS) is 14.0. The highest BCUT2D eigenvalue weighted by atomic mass is 32.2. The summed E-state index contributed by atoms with van der Waals surface area (Å²) in [6, 6.07) is 1.96. The molecule has 1 atom stereocenters. The fraction of sp³-hybridized carbons (Fsp3) is 0.667. The van der Waals surface area contributed by atoms with Crippen LogP contribution in [0.1, 0.15) is 25.8 Å². The first kappa shape index (κ1) is 15.6. The SMILES string of the molecule is CCCNCC(C)S(=O)(=O)N(C)Cc1ccsc1. The molecule has 0 fully saturated rings. The van der Waals surface area contributed by atoms with E-state index < -0.39 is 15.3 Å². The molecule has 1 aromatic rings. The Kier molecular flexibility index (Phi) is 6.28. The summed E-state index contributed by atoms with van der Waals surface area (Å²) in [5.74, 6) is 0. The van der Waals surface area contributed by atoms with Crippen molar-refractivity contribution < 1.29 is 8.42 Å². The molecule has 1 heterocycles. The van der Waals surface area contributed by atoms with Gasteiger partial charge in [-0.2, -0.15) is 11.3 Å². The number of nitrogens with zero attached hydrogens (tertiary/aromatic N) is 1. The topological polar surface area (TPSA) is 49.4 Å². The summed E-state index contributed by atoms with van der Waals surface area (Å²) in [6.07, 6.45) is 1.01. The summed E-state index contributed by atoms with van der Waals surface area (Å²) in [4.78, 5) is 0. The van der Waals surface area contributed by atoms with Gasteiger partial charge >= 0.3 is 0 Å². The van der Waals surface area contributed by atoms with Crippen LogP contribution in [0.3, 0.4) is 0 Å². The highest BCUT2D eigenvalue weighted by Crippen LogP contribution is 2.13. The van der Waals surface area contributed by atoms with Crippen molar-refractivity contribution in [3.63, 3.8) is 0 Å². The molecule has 104 valence electrons. The van der Waals surface area contributed by atoms with Crippen LogP contribution in [-0.2, 0) is 16.6 Å². The first-order valence-corrected chi connectivity index (χ1v) is 8.60. The van der Waals surface area contributed by atoms with Gasteiger partial charge in [0.1, 0.15) is 0 Å². The van der Waals surface area contributed by atoms with Gasteiger partial charge in [0.25, 0.3) is 0 Å². The van der Waals surface area contributed by atoms with Crippen LogP contribution in [0.4, 0.5) is 0 Å². The summed E-state index contributed by atoms with van der Waals surface area (Å²) in [6.45, 7) is 5.62. The van der Waals surface area contributed by atoms with Gasteiger partial charge in [-0.15, -0.1) is 0 Å². The van der Waals surface area contributed by atoms with Gasteiger partial charge in [-0.05, 0) is 42.3 Å². The van der Waals surface area contributed by atoms with Crippen molar-refractivity contribution in [3.8, 4) is 0 Å². The van der Waals surface area contributed by atoms with E-state index in [9.17, 15) is 8.42 Å². The number of sulfonamides is 1. The molecule has 4 nitrogen and oxygen atoms in total. The van der Waals surface area contributed by atoms with Crippen LogP contribution < -0.4 is 5.32 Å². The summed E-state index contributed by atoms with van der Waals surface area (Å²) in [7, 11) is -1.58. The van der Waals surface area contributed by atoms with Crippen molar-refractivity contribution in [2.75, 3.05) is 20.1 Å². The van der Waals surface area contributed by atoms with Gasteiger partial charge in [-0.1, -0.05) is 6.92 Å². The van der Waals surface area contributed by atoms with Crippen molar-refractivity contribution in [1.82, 2.24) is 9.62 Å². The van der Waals surface area contributed by atoms with Crippen molar-refractivity contribution in [1.29, 1.82) is 0 Å². The Morgan fingerprint density at radius 2 is 2.22 bits per heavy atom. The molecule has 0 saturated heterocycles. The van der Waals surface area contributed by atoms with Gasteiger partial charge in [-0.3, -0.25) is 0 Å². The van der Waals surface area contributed by atoms with E-state index in [1.165, 1.54) is 4.31 Å². The van der Waals surface area contributed by atoms with Crippen molar-refractivity contribution in [3.05, 3.63) is 22.4 Å². The zero-order valence-electron chi connectivity index (χ0n) is 11.2. The molecule has 1 aromatic heterocycles. The van der Waals surface area contributed by atoms with Gasteiger partial charge in [-0.25, -0.2) is 12.7 Å². The summed E-state index contributed by atoms with van der Waals surface area (Å²) >= 11 is 1.58. The number of nitrogens with one attached hydrogen (secondary N) is 1. The Balaban J connectivity index is 2.56. The van der Waals surface area contributed by atoms with E-state index in [1.807, 2.05) is 16.8 Å². The first-order valence-electron chi connectivity index (χ1n) is 6.15. The molecular weight excluding hydrogens is 268 g/mol. The molecular formula is C12H22N2O2S2.